The van der Waals surface area contributed by atoms with Gasteiger partial charge >= 0.3 is 5.97 Å². The smallest absolute Gasteiger partial charge is 0.331 e. The first-order valence-electron chi connectivity index (χ1n) is 8.44. The molecule has 0 spiro atoms. The molecule has 8 nitrogen and oxygen atoms in total. The monoisotopic (exact) mass is 371 g/mol. The van der Waals surface area contributed by atoms with Crippen LogP contribution in [0, 0.1) is 13.8 Å². The molecule has 1 N–H and O–H groups in total. The molecule has 0 radical (unpaired) electrons. The van der Waals surface area contributed by atoms with Crippen molar-refractivity contribution < 1.29 is 23.8 Å². The molecule has 0 saturated heterocycles. The normalized spacial score (nSPS) is 13.6. The summed E-state index contributed by atoms with van der Waals surface area (Å²) >= 11 is 0. The van der Waals surface area contributed by atoms with Crippen molar-refractivity contribution in [1.82, 2.24) is 9.78 Å². The summed E-state index contributed by atoms with van der Waals surface area (Å²) in [7, 11) is 1.83. The summed E-state index contributed by atoms with van der Waals surface area (Å²) in [4.78, 5) is 24.2. The number of carbonyl (C=O) groups is 2. The Bertz CT molecular complexity index is 916. The number of benzene rings is 1. The van der Waals surface area contributed by atoms with Crippen molar-refractivity contribution in [2.24, 2.45) is 7.05 Å². The molecule has 1 aromatic carbocycles. The quantitative estimate of drug-likeness (QED) is 0.641. The van der Waals surface area contributed by atoms with E-state index < -0.39 is 18.0 Å². The second kappa shape index (κ2) is 7.53. The largest absolute Gasteiger partial charge is 0.454 e. The molecule has 1 aliphatic rings. The van der Waals surface area contributed by atoms with Crippen molar-refractivity contribution in [3.63, 3.8) is 0 Å². The van der Waals surface area contributed by atoms with Crippen LogP contribution in [-0.2, 0) is 21.4 Å². The van der Waals surface area contributed by atoms with E-state index in [0.29, 0.717) is 17.2 Å². The van der Waals surface area contributed by atoms with Gasteiger partial charge in [-0.25, -0.2) is 4.79 Å². The van der Waals surface area contributed by atoms with E-state index in [4.69, 9.17) is 14.2 Å². The van der Waals surface area contributed by atoms with E-state index in [1.54, 1.807) is 29.0 Å². The Morgan fingerprint density at radius 1 is 1.30 bits per heavy atom. The SMILES string of the molecule is Cc1nn(C)c(C)c1/C=C/C(=O)O[C@H](C)C(=O)Nc1ccc2c(c1)OCO2. The summed E-state index contributed by atoms with van der Waals surface area (Å²) in [5.74, 6) is 0.136. The van der Waals surface area contributed by atoms with Gasteiger partial charge < -0.3 is 19.5 Å². The van der Waals surface area contributed by atoms with E-state index in [-0.39, 0.29) is 6.79 Å². The van der Waals surface area contributed by atoms with E-state index in [0.717, 1.165) is 17.0 Å². The summed E-state index contributed by atoms with van der Waals surface area (Å²) in [5.41, 5.74) is 3.13. The maximum absolute atomic E-state index is 12.2. The van der Waals surface area contributed by atoms with Gasteiger partial charge in [0.1, 0.15) is 0 Å². The van der Waals surface area contributed by atoms with Gasteiger partial charge in [-0.2, -0.15) is 5.10 Å². The molecule has 0 aliphatic carbocycles. The molecule has 0 saturated carbocycles. The first kappa shape index (κ1) is 18.5. The number of esters is 1. The lowest BCUT2D eigenvalue weighted by atomic mass is 10.2. The van der Waals surface area contributed by atoms with Crippen LogP contribution in [0.3, 0.4) is 0 Å². The maximum Gasteiger partial charge on any atom is 0.331 e. The molecule has 2 aromatic rings. The first-order chi connectivity index (χ1) is 12.8. The number of carbonyl (C=O) groups excluding carboxylic acids is 2. The van der Waals surface area contributed by atoms with Gasteiger partial charge in [-0.15, -0.1) is 0 Å². The highest BCUT2D eigenvalue weighted by Crippen LogP contribution is 2.34. The van der Waals surface area contributed by atoms with Gasteiger partial charge in [0, 0.05) is 36.1 Å². The Morgan fingerprint density at radius 2 is 2.04 bits per heavy atom. The molecule has 1 atom stereocenters. The Balaban J connectivity index is 1.57. The fourth-order valence-corrected chi connectivity index (χ4v) is 2.67. The minimum absolute atomic E-state index is 0.156. The zero-order chi connectivity index (χ0) is 19.6. The zero-order valence-electron chi connectivity index (χ0n) is 15.6. The van der Waals surface area contributed by atoms with Crippen molar-refractivity contribution in [1.29, 1.82) is 0 Å². The summed E-state index contributed by atoms with van der Waals surface area (Å²) in [6.45, 7) is 5.43. The van der Waals surface area contributed by atoms with E-state index in [1.807, 2.05) is 20.9 Å². The van der Waals surface area contributed by atoms with Crippen molar-refractivity contribution >= 4 is 23.6 Å². The highest BCUT2D eigenvalue weighted by atomic mass is 16.7. The van der Waals surface area contributed by atoms with Crippen molar-refractivity contribution in [2.75, 3.05) is 12.1 Å². The number of nitrogens with one attached hydrogen (secondary N) is 1. The maximum atomic E-state index is 12.2. The number of nitrogens with zero attached hydrogens (tertiary/aromatic N) is 2. The molecule has 8 heteroatoms. The number of hydrogen-bond acceptors (Lipinski definition) is 6. The fourth-order valence-electron chi connectivity index (χ4n) is 2.67. The molecule has 1 aliphatic heterocycles. The van der Waals surface area contributed by atoms with Crippen molar-refractivity contribution in [3.8, 4) is 11.5 Å². The Kier molecular flexibility index (Phi) is 5.16. The van der Waals surface area contributed by atoms with Crippen LogP contribution in [0.5, 0.6) is 11.5 Å². The van der Waals surface area contributed by atoms with Crippen molar-refractivity contribution in [2.45, 2.75) is 26.9 Å². The van der Waals surface area contributed by atoms with Crippen LogP contribution in [0.25, 0.3) is 6.08 Å². The third-order valence-electron chi connectivity index (χ3n) is 4.25. The number of anilines is 1. The average Bonchev–Trinajstić information content (AvgIpc) is 3.17. The topological polar surface area (TPSA) is 91.7 Å². The van der Waals surface area contributed by atoms with Gasteiger partial charge in [0.2, 0.25) is 6.79 Å². The molecule has 0 unspecified atom stereocenters. The predicted molar refractivity (Wildman–Crippen MR) is 98.5 cm³/mol. The molecular weight excluding hydrogens is 350 g/mol. The number of hydrogen-bond donors (Lipinski definition) is 1. The third kappa shape index (κ3) is 4.11. The molecule has 0 fully saturated rings. The van der Waals surface area contributed by atoms with Gasteiger partial charge in [0.25, 0.3) is 5.91 Å². The number of amides is 1. The molecule has 1 aromatic heterocycles. The lowest BCUT2D eigenvalue weighted by Gasteiger charge is -2.12. The van der Waals surface area contributed by atoms with Crippen LogP contribution >= 0.6 is 0 Å². The van der Waals surface area contributed by atoms with Crippen LogP contribution in [0.2, 0.25) is 0 Å². The highest BCUT2D eigenvalue weighted by Gasteiger charge is 2.19. The minimum atomic E-state index is -0.955. The van der Waals surface area contributed by atoms with E-state index >= 15 is 0 Å². The van der Waals surface area contributed by atoms with Crippen LogP contribution in [-0.4, -0.2) is 34.6 Å². The molecule has 142 valence electrons. The van der Waals surface area contributed by atoms with Gasteiger partial charge in [0.05, 0.1) is 5.69 Å². The Morgan fingerprint density at radius 3 is 2.74 bits per heavy atom. The second-order valence-electron chi connectivity index (χ2n) is 6.18. The van der Waals surface area contributed by atoms with Gasteiger partial charge in [-0.3, -0.25) is 9.48 Å². The summed E-state index contributed by atoms with van der Waals surface area (Å²) in [5, 5.41) is 6.96. The Labute approximate surface area is 156 Å². The summed E-state index contributed by atoms with van der Waals surface area (Å²) in [6.07, 6.45) is 1.98. The van der Waals surface area contributed by atoms with Gasteiger partial charge in [-0.1, -0.05) is 0 Å². The molecule has 0 bridgehead atoms. The summed E-state index contributed by atoms with van der Waals surface area (Å²) in [6, 6.07) is 5.05. The lowest BCUT2D eigenvalue weighted by molar-refractivity contribution is -0.148. The number of aryl methyl sites for hydroxylation is 2. The van der Waals surface area contributed by atoms with Crippen LogP contribution < -0.4 is 14.8 Å². The molecular formula is C19H21N3O5. The first-order valence-corrected chi connectivity index (χ1v) is 8.44. The fraction of sp³-hybridized carbons (Fsp3) is 0.316. The van der Waals surface area contributed by atoms with Crippen molar-refractivity contribution in [3.05, 3.63) is 41.2 Å². The zero-order valence-corrected chi connectivity index (χ0v) is 15.6. The molecule has 1 amide bonds. The summed E-state index contributed by atoms with van der Waals surface area (Å²) < 4.78 is 17.4. The van der Waals surface area contributed by atoms with Crippen LogP contribution in [0.15, 0.2) is 24.3 Å². The number of rotatable bonds is 5. The van der Waals surface area contributed by atoms with Gasteiger partial charge in [-0.05, 0) is 39.0 Å². The standard InChI is InChI=1S/C19H21N3O5/c1-11-15(12(2)22(4)21-11)6-8-18(23)27-13(3)19(24)20-14-5-7-16-17(9-14)26-10-25-16/h5-9,13H,10H2,1-4H3,(H,20,24)/b8-6+/t13-/m1/s1. The van der Waals surface area contributed by atoms with E-state index in [1.165, 1.54) is 13.0 Å². The third-order valence-corrected chi connectivity index (χ3v) is 4.25. The molecule has 3 rings (SSSR count). The number of fused-ring (bicyclic) bond motifs is 1. The second-order valence-corrected chi connectivity index (χ2v) is 6.18. The lowest BCUT2D eigenvalue weighted by Crippen LogP contribution is -2.29. The molecule has 27 heavy (non-hydrogen) atoms. The van der Waals surface area contributed by atoms with E-state index in [2.05, 4.69) is 10.4 Å². The highest BCUT2D eigenvalue weighted by molar-refractivity contribution is 5.96. The van der Waals surface area contributed by atoms with Gasteiger partial charge in [0.15, 0.2) is 17.6 Å². The van der Waals surface area contributed by atoms with E-state index in [9.17, 15) is 9.59 Å². The number of aromatic nitrogens is 2. The average molecular weight is 371 g/mol. The minimum Gasteiger partial charge on any atom is -0.454 e. The van der Waals surface area contributed by atoms with Crippen LogP contribution in [0.1, 0.15) is 23.9 Å². The Hall–Kier alpha value is -3.29. The van der Waals surface area contributed by atoms with Crippen LogP contribution in [0.4, 0.5) is 5.69 Å². The molecule has 2 heterocycles. The predicted octanol–water partition coefficient (Wildman–Crippen LogP) is 2.35. The number of ether oxygens (including phenoxy) is 3.